The van der Waals surface area contributed by atoms with Gasteiger partial charge in [-0.15, -0.1) is 0 Å². The molecule has 6 nitrogen and oxygen atoms in total. The van der Waals surface area contributed by atoms with E-state index in [9.17, 15) is 14.4 Å². The minimum absolute atomic E-state index is 0.176. The second-order valence-corrected chi connectivity index (χ2v) is 5.95. The summed E-state index contributed by atoms with van der Waals surface area (Å²) >= 11 is 0. The van der Waals surface area contributed by atoms with Gasteiger partial charge in [0.05, 0.1) is 37.5 Å². The number of hydrogen-bond donors (Lipinski definition) is 0. The Balaban J connectivity index is 2.46. The highest BCUT2D eigenvalue weighted by atomic mass is 16.5. The van der Waals surface area contributed by atoms with Gasteiger partial charge in [0, 0.05) is 0 Å². The van der Waals surface area contributed by atoms with Crippen LogP contribution in [0.1, 0.15) is 41.0 Å². The minimum Gasteiger partial charge on any atom is -0.499 e. The van der Waals surface area contributed by atoms with Gasteiger partial charge < -0.3 is 9.47 Å². The Kier molecular flexibility index (Phi) is 5.39. The Labute approximate surface area is 141 Å². The number of carbonyl (C=O) groups excluding carboxylic acids is 3. The lowest BCUT2D eigenvalue weighted by Crippen LogP contribution is -2.42. The summed E-state index contributed by atoms with van der Waals surface area (Å²) in [6.07, 6.45) is 1.65. The fourth-order valence-corrected chi connectivity index (χ4v) is 2.75. The molecule has 6 heteroatoms. The molecular weight excluding hydrogens is 310 g/mol. The van der Waals surface area contributed by atoms with Crippen molar-refractivity contribution in [3.63, 3.8) is 0 Å². The molecule has 24 heavy (non-hydrogen) atoms. The van der Waals surface area contributed by atoms with Gasteiger partial charge in [-0.05, 0) is 24.5 Å². The van der Waals surface area contributed by atoms with Crippen LogP contribution in [-0.4, -0.2) is 42.9 Å². The van der Waals surface area contributed by atoms with Gasteiger partial charge >= 0.3 is 5.97 Å². The maximum Gasteiger partial charge on any atom is 0.333 e. The average molecular weight is 331 g/mol. The van der Waals surface area contributed by atoms with E-state index >= 15 is 0 Å². The molecule has 1 aromatic carbocycles. The molecule has 0 spiro atoms. The lowest BCUT2D eigenvalue weighted by Gasteiger charge is -2.28. The van der Waals surface area contributed by atoms with Gasteiger partial charge in [0.2, 0.25) is 0 Å². The Morgan fingerprint density at radius 2 is 1.62 bits per heavy atom. The maximum atomic E-state index is 12.7. The van der Waals surface area contributed by atoms with E-state index in [-0.39, 0.29) is 23.5 Å². The molecule has 1 aliphatic rings. The summed E-state index contributed by atoms with van der Waals surface area (Å²) in [4.78, 5) is 38.2. The molecule has 0 bridgehead atoms. The van der Waals surface area contributed by atoms with Crippen LogP contribution >= 0.6 is 0 Å². The summed E-state index contributed by atoms with van der Waals surface area (Å²) in [7, 11) is 2.66. The van der Waals surface area contributed by atoms with Gasteiger partial charge in [0.25, 0.3) is 11.8 Å². The molecule has 0 aromatic heterocycles. The summed E-state index contributed by atoms with van der Waals surface area (Å²) in [6.45, 7) is 3.94. The Bertz CT molecular complexity index is 657. The van der Waals surface area contributed by atoms with Crippen LogP contribution in [0, 0.1) is 5.92 Å². The number of esters is 1. The van der Waals surface area contributed by atoms with E-state index in [0.717, 1.165) is 0 Å². The normalized spacial score (nSPS) is 15.5. The molecule has 128 valence electrons. The van der Waals surface area contributed by atoms with Crippen molar-refractivity contribution in [3.8, 4) is 0 Å². The molecule has 0 saturated heterocycles. The molecule has 0 saturated carbocycles. The zero-order valence-corrected chi connectivity index (χ0v) is 14.2. The third kappa shape index (κ3) is 3.32. The highest BCUT2D eigenvalue weighted by molar-refractivity contribution is 6.21. The summed E-state index contributed by atoms with van der Waals surface area (Å²) in [5, 5.41) is 0. The summed E-state index contributed by atoms with van der Waals surface area (Å²) in [5.41, 5.74) is 0.731. The monoisotopic (exact) mass is 331 g/mol. The molecule has 0 radical (unpaired) electrons. The van der Waals surface area contributed by atoms with Crippen LogP contribution in [0.3, 0.4) is 0 Å². The molecular formula is C18H21NO5. The summed E-state index contributed by atoms with van der Waals surface area (Å²) in [5.74, 6) is -0.957. The molecule has 0 N–H and O–H groups in total. The van der Waals surface area contributed by atoms with Crippen LogP contribution in [0.25, 0.3) is 0 Å². The van der Waals surface area contributed by atoms with Gasteiger partial charge in [-0.2, -0.15) is 0 Å². The number of amides is 2. The quantitative estimate of drug-likeness (QED) is 0.346. The van der Waals surface area contributed by atoms with Gasteiger partial charge in [-0.3, -0.25) is 14.5 Å². The van der Waals surface area contributed by atoms with E-state index < -0.39 is 12.0 Å². The smallest absolute Gasteiger partial charge is 0.333 e. The van der Waals surface area contributed by atoms with Crippen molar-refractivity contribution in [1.82, 2.24) is 4.90 Å². The number of fused-ring (bicyclic) bond motifs is 1. The van der Waals surface area contributed by atoms with Crippen LogP contribution in [-0.2, 0) is 14.3 Å². The standard InChI is InChI=1S/C18H21NO5/c1-11(2)9-14(15(23-3)10-16(20)24-4)19-17(21)12-7-5-6-8-13(12)18(19)22/h5-8,10-11,14H,9H2,1-4H3/b15-10+/t14-/m0/s1. The maximum absolute atomic E-state index is 12.7. The van der Waals surface area contributed by atoms with E-state index in [1.807, 2.05) is 13.8 Å². The minimum atomic E-state index is -0.665. The first-order chi connectivity index (χ1) is 11.4. The topological polar surface area (TPSA) is 72.9 Å². The predicted octanol–water partition coefficient (Wildman–Crippen LogP) is 2.40. The Hall–Kier alpha value is -2.63. The lowest BCUT2D eigenvalue weighted by molar-refractivity contribution is -0.135. The highest BCUT2D eigenvalue weighted by Crippen LogP contribution is 2.30. The third-order valence-electron chi connectivity index (χ3n) is 3.86. The number of rotatable bonds is 6. The van der Waals surface area contributed by atoms with Crippen molar-refractivity contribution in [3.05, 3.63) is 47.2 Å². The molecule has 1 heterocycles. The van der Waals surface area contributed by atoms with Gasteiger partial charge in [0.1, 0.15) is 5.76 Å². The van der Waals surface area contributed by atoms with Gasteiger partial charge in [0.15, 0.2) is 0 Å². The van der Waals surface area contributed by atoms with Crippen molar-refractivity contribution in [2.45, 2.75) is 26.3 Å². The number of imide groups is 1. The molecule has 2 amide bonds. The van der Waals surface area contributed by atoms with Gasteiger partial charge in [-0.25, -0.2) is 4.79 Å². The van der Waals surface area contributed by atoms with Crippen LogP contribution in [0.5, 0.6) is 0 Å². The zero-order chi connectivity index (χ0) is 17.9. The first-order valence-electron chi connectivity index (χ1n) is 7.71. The van der Waals surface area contributed by atoms with E-state index in [4.69, 9.17) is 4.74 Å². The number of benzene rings is 1. The van der Waals surface area contributed by atoms with Gasteiger partial charge in [-0.1, -0.05) is 26.0 Å². The van der Waals surface area contributed by atoms with Crippen molar-refractivity contribution in [2.24, 2.45) is 5.92 Å². The molecule has 1 atom stereocenters. The number of methoxy groups -OCH3 is 2. The van der Waals surface area contributed by atoms with Crippen molar-refractivity contribution < 1.29 is 23.9 Å². The Morgan fingerprint density at radius 1 is 1.08 bits per heavy atom. The van der Waals surface area contributed by atoms with Crippen LogP contribution in [0.15, 0.2) is 36.1 Å². The SMILES string of the molecule is COC(=O)/C=C(/OC)[C@H](CC(C)C)N1C(=O)c2ccccc2C1=O. The second-order valence-electron chi connectivity index (χ2n) is 5.95. The number of carbonyl (C=O) groups is 3. The average Bonchev–Trinajstić information content (AvgIpc) is 2.82. The van der Waals surface area contributed by atoms with Crippen LogP contribution in [0.2, 0.25) is 0 Å². The van der Waals surface area contributed by atoms with E-state index in [0.29, 0.717) is 17.5 Å². The van der Waals surface area contributed by atoms with Crippen molar-refractivity contribution >= 4 is 17.8 Å². The zero-order valence-electron chi connectivity index (χ0n) is 14.2. The number of nitrogens with zero attached hydrogens (tertiary/aromatic N) is 1. The number of ether oxygens (including phenoxy) is 2. The fourth-order valence-electron chi connectivity index (χ4n) is 2.75. The lowest BCUT2D eigenvalue weighted by atomic mass is 10.00. The first kappa shape index (κ1) is 17.7. The molecule has 1 aliphatic heterocycles. The van der Waals surface area contributed by atoms with Crippen molar-refractivity contribution in [1.29, 1.82) is 0 Å². The van der Waals surface area contributed by atoms with Crippen LogP contribution in [0.4, 0.5) is 0 Å². The molecule has 0 aliphatic carbocycles. The third-order valence-corrected chi connectivity index (χ3v) is 3.86. The highest BCUT2D eigenvalue weighted by Gasteiger charge is 2.41. The number of hydrogen-bond acceptors (Lipinski definition) is 5. The summed E-state index contributed by atoms with van der Waals surface area (Å²) in [6, 6.07) is 6.01. The molecule has 1 aromatic rings. The molecule has 2 rings (SSSR count). The molecule has 0 unspecified atom stereocenters. The van der Waals surface area contributed by atoms with Crippen LogP contribution < -0.4 is 0 Å². The first-order valence-corrected chi connectivity index (χ1v) is 7.71. The largest absolute Gasteiger partial charge is 0.499 e. The Morgan fingerprint density at radius 3 is 2.04 bits per heavy atom. The summed E-state index contributed by atoms with van der Waals surface area (Å²) < 4.78 is 9.94. The van der Waals surface area contributed by atoms with Crippen molar-refractivity contribution in [2.75, 3.05) is 14.2 Å². The second kappa shape index (κ2) is 7.29. The van der Waals surface area contributed by atoms with E-state index in [1.165, 1.54) is 25.2 Å². The molecule has 0 fully saturated rings. The van der Waals surface area contributed by atoms with E-state index in [2.05, 4.69) is 4.74 Å². The van der Waals surface area contributed by atoms with E-state index in [1.54, 1.807) is 24.3 Å². The predicted molar refractivity (Wildman–Crippen MR) is 87.3 cm³/mol. The fraction of sp³-hybridized carbons (Fsp3) is 0.389.